The predicted octanol–water partition coefficient (Wildman–Crippen LogP) is 14.6. The fourth-order valence-corrected chi connectivity index (χ4v) is 10.2. The zero-order chi connectivity index (χ0) is 41.8. The predicted molar refractivity (Wildman–Crippen MR) is 256 cm³/mol. The van der Waals surface area contributed by atoms with Crippen LogP contribution in [0.1, 0.15) is 5.56 Å². The molecule has 0 atom stereocenters. The highest BCUT2D eigenvalue weighted by Gasteiger charge is 2.47. The lowest BCUT2D eigenvalue weighted by Gasteiger charge is -2.48. The molecule has 0 aliphatic carbocycles. The molecule has 0 N–H and O–H groups in total. The number of rotatable bonds is 4. The molecule has 0 saturated carbocycles. The molecule has 4 heterocycles. The maximum absolute atomic E-state index is 9.88. The van der Waals surface area contributed by atoms with Crippen molar-refractivity contribution in [3.63, 3.8) is 0 Å². The number of anilines is 4. The van der Waals surface area contributed by atoms with Crippen molar-refractivity contribution >= 4 is 84.8 Å². The Morgan fingerprint density at radius 2 is 0.921 bits per heavy atom. The molecule has 0 saturated heterocycles. The van der Waals surface area contributed by atoms with Crippen molar-refractivity contribution < 1.29 is 8.83 Å². The van der Waals surface area contributed by atoms with Crippen molar-refractivity contribution in [1.29, 1.82) is 5.26 Å². The summed E-state index contributed by atoms with van der Waals surface area (Å²) in [5.41, 5.74) is 18.7. The SMILES string of the molecule is [C-]#[N+]c1ccc(N2B3c4c(cccc4-c4cc(-c5cccc6oc7ccccc7c56)ccc42)-c2cc(-c4cccc5oc6ccccc6c45)ccc2N3c2ccc(C#N)cc2)cc1. The largest absolute Gasteiger partial charge is 0.456 e. The molecule has 13 rings (SSSR count). The van der Waals surface area contributed by atoms with Crippen LogP contribution in [0, 0.1) is 17.9 Å². The molecule has 0 unspecified atom stereocenters. The van der Waals surface area contributed by atoms with Gasteiger partial charge in [-0.25, -0.2) is 4.85 Å². The van der Waals surface area contributed by atoms with Crippen LogP contribution in [0.3, 0.4) is 0 Å². The van der Waals surface area contributed by atoms with Crippen LogP contribution in [-0.4, -0.2) is 6.98 Å². The first-order valence-corrected chi connectivity index (χ1v) is 20.9. The van der Waals surface area contributed by atoms with Crippen LogP contribution in [-0.2, 0) is 0 Å². The quantitative estimate of drug-likeness (QED) is 0.131. The molecule has 6 nitrogen and oxygen atoms in total. The molecule has 2 aliphatic rings. The molecule has 11 aromatic rings. The van der Waals surface area contributed by atoms with Gasteiger partial charge in [-0.1, -0.05) is 115 Å². The summed E-state index contributed by atoms with van der Waals surface area (Å²) in [5, 5.41) is 14.2. The molecular weight excluding hydrogens is 771 g/mol. The lowest BCUT2D eigenvalue weighted by Crippen LogP contribution is -2.61. The zero-order valence-corrected chi connectivity index (χ0v) is 33.6. The van der Waals surface area contributed by atoms with Gasteiger partial charge in [-0.2, -0.15) is 5.26 Å². The maximum Gasteiger partial charge on any atom is 0.421 e. The van der Waals surface area contributed by atoms with Gasteiger partial charge in [0.2, 0.25) is 0 Å². The first kappa shape index (κ1) is 35.0. The van der Waals surface area contributed by atoms with Gasteiger partial charge in [-0.3, -0.25) is 0 Å². The van der Waals surface area contributed by atoms with Crippen molar-refractivity contribution in [3.8, 4) is 50.6 Å². The standard InChI is InChI=1S/C56H31BN4O2/c1-59-37-23-27-39(28-24-37)61-49-30-22-36(41-12-8-18-53-55(41)45-10-3-5-16-51(45)63-53)32-47(49)43-14-6-13-42-46-31-35(40-11-7-17-52-54(40)44-9-2-4-15-50(44)62-52)21-29-48(46)60(57(61)56(42)43)38-25-19-34(33-58)20-26-38/h2-32H. The first-order valence-electron chi connectivity index (χ1n) is 20.9. The topological polar surface area (TPSA) is 60.9 Å². The summed E-state index contributed by atoms with van der Waals surface area (Å²) in [6, 6.07) is 67.5. The van der Waals surface area contributed by atoms with E-state index in [1.54, 1.807) is 0 Å². The highest BCUT2D eigenvalue weighted by molar-refractivity contribution is 6.86. The lowest BCUT2D eigenvalue weighted by molar-refractivity contribution is 0.668. The number of furan rings is 2. The molecule has 0 radical (unpaired) electrons. The van der Waals surface area contributed by atoms with E-state index in [1.807, 2.05) is 60.7 Å². The molecule has 290 valence electrons. The minimum Gasteiger partial charge on any atom is -0.456 e. The molecule has 0 amide bonds. The second-order valence-electron chi connectivity index (χ2n) is 16.2. The van der Waals surface area contributed by atoms with Crippen molar-refractivity contribution in [3.05, 3.63) is 205 Å². The number of hydrogen-bond donors (Lipinski definition) is 0. The number of benzene rings is 9. The lowest BCUT2D eigenvalue weighted by atomic mass is 9.53. The van der Waals surface area contributed by atoms with E-state index in [0.717, 1.165) is 111 Å². The smallest absolute Gasteiger partial charge is 0.421 e. The Kier molecular flexibility index (Phi) is 7.43. The summed E-state index contributed by atoms with van der Waals surface area (Å²) in [6.45, 7) is 7.44. The fourth-order valence-electron chi connectivity index (χ4n) is 10.2. The van der Waals surface area contributed by atoms with Crippen LogP contribution < -0.4 is 15.1 Å². The van der Waals surface area contributed by atoms with E-state index in [9.17, 15) is 5.26 Å². The van der Waals surface area contributed by atoms with E-state index in [0.29, 0.717) is 11.3 Å². The summed E-state index contributed by atoms with van der Waals surface area (Å²) in [6.07, 6.45) is 0. The Bertz CT molecular complexity index is 3550. The zero-order valence-electron chi connectivity index (χ0n) is 33.6. The van der Waals surface area contributed by atoms with Gasteiger partial charge in [0, 0.05) is 55.4 Å². The van der Waals surface area contributed by atoms with E-state index in [1.165, 1.54) is 5.46 Å². The molecule has 0 bridgehead atoms. The van der Waals surface area contributed by atoms with E-state index < -0.39 is 0 Å². The van der Waals surface area contributed by atoms with Crippen LogP contribution in [0.5, 0.6) is 0 Å². The average Bonchev–Trinajstić information content (AvgIpc) is 3.93. The third-order valence-corrected chi connectivity index (χ3v) is 12.9. The minimum atomic E-state index is -0.331. The summed E-state index contributed by atoms with van der Waals surface area (Å²) >= 11 is 0. The van der Waals surface area contributed by atoms with Gasteiger partial charge in [0.25, 0.3) is 0 Å². The van der Waals surface area contributed by atoms with Crippen molar-refractivity contribution in [2.24, 2.45) is 0 Å². The van der Waals surface area contributed by atoms with Crippen LogP contribution >= 0.6 is 0 Å². The van der Waals surface area contributed by atoms with Gasteiger partial charge in [0.05, 0.1) is 18.2 Å². The van der Waals surface area contributed by atoms with Crippen LogP contribution in [0.15, 0.2) is 197 Å². The Morgan fingerprint density at radius 3 is 1.43 bits per heavy atom. The van der Waals surface area contributed by atoms with E-state index in [-0.39, 0.29) is 6.98 Å². The molecule has 63 heavy (non-hydrogen) atoms. The molecular formula is C56H31BN4O2. The number of hydrogen-bond acceptors (Lipinski definition) is 5. The fraction of sp³-hybridized carbons (Fsp3) is 0. The van der Waals surface area contributed by atoms with Crippen molar-refractivity contribution in [2.75, 3.05) is 9.62 Å². The second-order valence-corrected chi connectivity index (χ2v) is 16.2. The van der Waals surface area contributed by atoms with Crippen LogP contribution in [0.2, 0.25) is 0 Å². The Hall–Kier alpha value is -8.78. The molecule has 2 aromatic heterocycles. The van der Waals surface area contributed by atoms with E-state index >= 15 is 0 Å². The van der Waals surface area contributed by atoms with Gasteiger partial charge in [-0.05, 0) is 112 Å². The average molecular weight is 803 g/mol. The van der Waals surface area contributed by atoms with Gasteiger partial charge in [-0.15, -0.1) is 0 Å². The first-order chi connectivity index (χ1) is 31.1. The molecule has 2 aliphatic heterocycles. The number of nitriles is 1. The van der Waals surface area contributed by atoms with Crippen molar-refractivity contribution in [1.82, 2.24) is 0 Å². The number of nitrogens with zero attached hydrogens (tertiary/aromatic N) is 4. The number of para-hydroxylation sites is 2. The van der Waals surface area contributed by atoms with Gasteiger partial charge in [0.1, 0.15) is 22.3 Å². The molecule has 9 aromatic carbocycles. The Morgan fingerprint density at radius 1 is 0.460 bits per heavy atom. The highest BCUT2D eigenvalue weighted by Crippen LogP contribution is 2.51. The monoisotopic (exact) mass is 802 g/mol. The summed E-state index contributed by atoms with van der Waals surface area (Å²) in [7, 11) is 0. The minimum absolute atomic E-state index is 0.331. The summed E-state index contributed by atoms with van der Waals surface area (Å²) in [4.78, 5) is 8.57. The second kappa shape index (κ2) is 13.4. The number of fused-ring (bicyclic) bond motifs is 10. The van der Waals surface area contributed by atoms with Crippen molar-refractivity contribution in [2.45, 2.75) is 0 Å². The molecule has 0 spiro atoms. The maximum atomic E-state index is 9.88. The van der Waals surface area contributed by atoms with Crippen LogP contribution in [0.25, 0.3) is 93.2 Å². The summed E-state index contributed by atoms with van der Waals surface area (Å²) < 4.78 is 12.7. The highest BCUT2D eigenvalue weighted by atomic mass is 16.3. The van der Waals surface area contributed by atoms with E-state index in [2.05, 4.69) is 148 Å². The molecule has 7 heteroatoms. The van der Waals surface area contributed by atoms with Gasteiger partial charge < -0.3 is 18.5 Å². The van der Waals surface area contributed by atoms with Gasteiger partial charge in [0.15, 0.2) is 5.69 Å². The van der Waals surface area contributed by atoms with E-state index in [4.69, 9.17) is 15.4 Å². The summed E-state index contributed by atoms with van der Waals surface area (Å²) in [5.74, 6) is 0. The Balaban J connectivity index is 1.09. The third-order valence-electron chi connectivity index (χ3n) is 12.9. The Labute approximate surface area is 362 Å². The third kappa shape index (κ3) is 5.12. The van der Waals surface area contributed by atoms with Crippen LogP contribution in [0.4, 0.5) is 28.4 Å². The van der Waals surface area contributed by atoms with Gasteiger partial charge >= 0.3 is 6.98 Å². The molecule has 0 fully saturated rings. The normalized spacial score (nSPS) is 12.6.